The zero-order chi connectivity index (χ0) is 22.5. The van der Waals surface area contributed by atoms with Crippen LogP contribution in [0.25, 0.3) is 16.9 Å². The van der Waals surface area contributed by atoms with Gasteiger partial charge in [0.15, 0.2) is 11.5 Å². The van der Waals surface area contributed by atoms with Crippen LogP contribution in [0.15, 0.2) is 34.6 Å². The summed E-state index contributed by atoms with van der Waals surface area (Å²) in [7, 11) is 0. The standard InChI is InChI=1S/C23H27N7OS/c1-5-29-20(31)17-12-25-22(26-16-7-6-15-11-24-9-8-14(15)10-16)28-19(17)30(29)18-13-32-21(27-18)23(2,3)4/h6-7,10,12-13,24H,5,8-9,11H2,1-4H3,(H,25,26,28). The topological polar surface area (TPSA) is 89.7 Å². The van der Waals surface area contributed by atoms with E-state index >= 15 is 0 Å². The van der Waals surface area contributed by atoms with Gasteiger partial charge in [-0.3, -0.25) is 4.79 Å². The molecular weight excluding hydrogens is 422 g/mol. The Morgan fingerprint density at radius 3 is 2.81 bits per heavy atom. The molecule has 0 saturated carbocycles. The van der Waals surface area contributed by atoms with Crippen LogP contribution in [0, 0.1) is 0 Å². The summed E-state index contributed by atoms with van der Waals surface area (Å²) in [5.74, 6) is 1.17. The van der Waals surface area contributed by atoms with Crippen LogP contribution in [-0.4, -0.2) is 30.9 Å². The number of nitrogens with one attached hydrogen (secondary N) is 2. The largest absolute Gasteiger partial charge is 0.324 e. The van der Waals surface area contributed by atoms with Crippen LogP contribution in [0.3, 0.4) is 0 Å². The highest BCUT2D eigenvalue weighted by molar-refractivity contribution is 7.10. The van der Waals surface area contributed by atoms with Gasteiger partial charge in [-0.1, -0.05) is 26.8 Å². The first-order valence-corrected chi connectivity index (χ1v) is 11.8. The third kappa shape index (κ3) is 3.61. The Balaban J connectivity index is 1.58. The van der Waals surface area contributed by atoms with E-state index in [1.807, 2.05) is 23.1 Å². The molecular formula is C23H27N7OS. The minimum absolute atomic E-state index is 0.0626. The van der Waals surface area contributed by atoms with Gasteiger partial charge in [0.1, 0.15) is 10.4 Å². The second kappa shape index (κ2) is 7.83. The van der Waals surface area contributed by atoms with Gasteiger partial charge >= 0.3 is 0 Å². The van der Waals surface area contributed by atoms with Gasteiger partial charge in [0, 0.05) is 35.8 Å². The minimum atomic E-state index is -0.111. The van der Waals surface area contributed by atoms with Crippen LogP contribution in [0.2, 0.25) is 0 Å². The first-order valence-electron chi connectivity index (χ1n) is 10.9. The van der Waals surface area contributed by atoms with Crippen molar-refractivity contribution in [1.29, 1.82) is 0 Å². The fourth-order valence-electron chi connectivity index (χ4n) is 4.00. The number of hydrogen-bond acceptors (Lipinski definition) is 7. The first kappa shape index (κ1) is 20.8. The van der Waals surface area contributed by atoms with Crippen LogP contribution in [0.1, 0.15) is 43.8 Å². The molecule has 2 N–H and O–H groups in total. The van der Waals surface area contributed by atoms with Crippen molar-refractivity contribution in [2.75, 3.05) is 11.9 Å². The van der Waals surface area contributed by atoms with Crippen LogP contribution in [-0.2, 0) is 24.9 Å². The van der Waals surface area contributed by atoms with E-state index < -0.39 is 0 Å². The monoisotopic (exact) mass is 449 g/mol. The maximum atomic E-state index is 13.0. The summed E-state index contributed by atoms with van der Waals surface area (Å²) in [6, 6.07) is 6.33. The number of anilines is 2. The molecule has 0 atom stereocenters. The molecule has 9 heteroatoms. The van der Waals surface area contributed by atoms with Gasteiger partial charge < -0.3 is 10.6 Å². The molecule has 1 aromatic carbocycles. The zero-order valence-electron chi connectivity index (χ0n) is 18.8. The van der Waals surface area contributed by atoms with Crippen molar-refractivity contribution >= 4 is 34.0 Å². The lowest BCUT2D eigenvalue weighted by Gasteiger charge is -2.18. The first-order chi connectivity index (χ1) is 15.3. The Hall–Kier alpha value is -3.04. The predicted molar refractivity (Wildman–Crippen MR) is 128 cm³/mol. The highest BCUT2D eigenvalue weighted by Gasteiger charge is 2.22. The molecule has 1 aliphatic rings. The lowest BCUT2D eigenvalue weighted by molar-refractivity contribution is 0.556. The van der Waals surface area contributed by atoms with E-state index in [-0.39, 0.29) is 11.0 Å². The SMILES string of the molecule is CCn1c(=O)c2cnc(Nc3ccc4c(c3)CCNC4)nc2n1-c1csc(C(C)(C)C)n1. The van der Waals surface area contributed by atoms with E-state index in [2.05, 4.69) is 48.5 Å². The molecule has 0 amide bonds. The lowest BCUT2D eigenvalue weighted by Crippen LogP contribution is -2.23. The zero-order valence-corrected chi connectivity index (χ0v) is 19.6. The van der Waals surface area contributed by atoms with Crippen molar-refractivity contribution in [1.82, 2.24) is 29.6 Å². The van der Waals surface area contributed by atoms with Gasteiger partial charge in [-0.05, 0) is 43.1 Å². The van der Waals surface area contributed by atoms with Crippen molar-refractivity contribution in [3.63, 3.8) is 0 Å². The number of benzene rings is 1. The number of thiazole rings is 1. The van der Waals surface area contributed by atoms with Gasteiger partial charge in [-0.2, -0.15) is 4.98 Å². The summed E-state index contributed by atoms with van der Waals surface area (Å²) in [4.78, 5) is 27.0. The molecule has 0 fully saturated rings. The molecule has 166 valence electrons. The van der Waals surface area contributed by atoms with Gasteiger partial charge in [-0.15, -0.1) is 11.3 Å². The summed E-state index contributed by atoms with van der Waals surface area (Å²) >= 11 is 1.60. The highest BCUT2D eigenvalue weighted by Crippen LogP contribution is 2.28. The Morgan fingerprint density at radius 2 is 2.06 bits per heavy atom. The van der Waals surface area contributed by atoms with Gasteiger partial charge in [0.2, 0.25) is 5.95 Å². The summed E-state index contributed by atoms with van der Waals surface area (Å²) in [5.41, 5.74) is 3.99. The van der Waals surface area contributed by atoms with Crippen LogP contribution < -0.4 is 16.2 Å². The number of fused-ring (bicyclic) bond motifs is 2. The average Bonchev–Trinajstić information content (AvgIpc) is 3.36. The third-order valence-corrected chi connectivity index (χ3v) is 6.93. The van der Waals surface area contributed by atoms with Gasteiger partial charge in [0.05, 0.1) is 0 Å². The van der Waals surface area contributed by atoms with Crippen LogP contribution in [0.4, 0.5) is 11.6 Å². The third-order valence-electron chi connectivity index (χ3n) is 5.67. The van der Waals surface area contributed by atoms with Crippen molar-refractivity contribution in [2.24, 2.45) is 0 Å². The number of rotatable bonds is 4. The highest BCUT2D eigenvalue weighted by atomic mass is 32.1. The molecule has 0 unspecified atom stereocenters. The molecule has 0 bridgehead atoms. The molecule has 0 spiro atoms. The quantitative estimate of drug-likeness (QED) is 0.493. The van der Waals surface area contributed by atoms with E-state index in [1.165, 1.54) is 11.1 Å². The molecule has 0 saturated heterocycles. The van der Waals surface area contributed by atoms with Gasteiger partial charge in [-0.25, -0.2) is 19.3 Å². The Bertz CT molecular complexity index is 1360. The number of hydrogen-bond donors (Lipinski definition) is 2. The van der Waals surface area contributed by atoms with E-state index in [4.69, 9.17) is 9.97 Å². The predicted octanol–water partition coefficient (Wildman–Crippen LogP) is 3.75. The van der Waals surface area contributed by atoms with Crippen molar-refractivity contribution in [2.45, 2.75) is 52.6 Å². The van der Waals surface area contributed by atoms with E-state index in [0.29, 0.717) is 29.3 Å². The smallest absolute Gasteiger partial charge is 0.278 e. The van der Waals surface area contributed by atoms with Crippen LogP contribution >= 0.6 is 11.3 Å². The van der Waals surface area contributed by atoms with E-state index in [1.54, 1.807) is 22.2 Å². The van der Waals surface area contributed by atoms with E-state index in [0.717, 1.165) is 30.2 Å². The maximum Gasteiger partial charge on any atom is 0.278 e. The molecule has 1 aliphatic heterocycles. The fraction of sp³-hybridized carbons (Fsp3) is 0.391. The minimum Gasteiger partial charge on any atom is -0.324 e. The van der Waals surface area contributed by atoms with Gasteiger partial charge in [0.25, 0.3) is 5.56 Å². The molecule has 8 nitrogen and oxygen atoms in total. The summed E-state index contributed by atoms with van der Waals surface area (Å²) < 4.78 is 3.48. The molecule has 4 heterocycles. The maximum absolute atomic E-state index is 13.0. The summed E-state index contributed by atoms with van der Waals surface area (Å²) in [5, 5.41) is 10.2. The van der Waals surface area contributed by atoms with Crippen molar-refractivity contribution in [3.05, 3.63) is 56.3 Å². The van der Waals surface area contributed by atoms with E-state index in [9.17, 15) is 4.79 Å². The molecule has 5 rings (SSSR count). The second-order valence-electron chi connectivity index (χ2n) is 9.06. The molecule has 0 radical (unpaired) electrons. The van der Waals surface area contributed by atoms with Crippen molar-refractivity contribution in [3.8, 4) is 5.82 Å². The molecule has 3 aromatic heterocycles. The number of nitrogens with zero attached hydrogens (tertiary/aromatic N) is 5. The average molecular weight is 450 g/mol. The molecule has 4 aromatic rings. The normalized spacial score (nSPS) is 14.0. The van der Waals surface area contributed by atoms with Crippen LogP contribution in [0.5, 0.6) is 0 Å². The Labute approximate surface area is 190 Å². The Morgan fingerprint density at radius 1 is 1.22 bits per heavy atom. The summed E-state index contributed by atoms with van der Waals surface area (Å²) in [6.07, 6.45) is 2.61. The van der Waals surface area contributed by atoms with Crippen molar-refractivity contribution < 1.29 is 0 Å². The number of aromatic nitrogens is 5. The lowest BCUT2D eigenvalue weighted by atomic mass is 9.98. The molecule has 32 heavy (non-hydrogen) atoms. The Kier molecular flexibility index (Phi) is 5.10. The second-order valence-corrected chi connectivity index (χ2v) is 9.92. The molecule has 0 aliphatic carbocycles. The summed E-state index contributed by atoms with van der Waals surface area (Å²) in [6.45, 7) is 10.7. The fourth-order valence-corrected chi connectivity index (χ4v) is 4.87.